The molecule has 1 aliphatic carbocycles. The maximum absolute atomic E-state index is 12.4. The van der Waals surface area contributed by atoms with Crippen LogP contribution in [-0.4, -0.2) is 23.7 Å². The third-order valence-corrected chi connectivity index (χ3v) is 4.19. The quantitative estimate of drug-likeness (QED) is 0.798. The lowest BCUT2D eigenvalue weighted by atomic mass is 9.90. The van der Waals surface area contributed by atoms with E-state index < -0.39 is 5.97 Å². The van der Waals surface area contributed by atoms with Crippen molar-refractivity contribution in [1.29, 1.82) is 0 Å². The molecule has 0 spiro atoms. The molecule has 1 unspecified atom stereocenters. The molecular weight excluding hydrogens is 314 g/mol. The number of aromatic nitrogens is 1. The van der Waals surface area contributed by atoms with E-state index in [0.29, 0.717) is 12.5 Å². The lowest BCUT2D eigenvalue weighted by Gasteiger charge is -2.24. The third kappa shape index (κ3) is 3.64. The SMILES string of the molecule is CCOc1ccc(Cl)c(C(=O)OC2CCc3ccccc3C2)n1. The molecule has 0 saturated carbocycles. The van der Waals surface area contributed by atoms with Crippen molar-refractivity contribution >= 4 is 17.6 Å². The Morgan fingerprint density at radius 3 is 2.83 bits per heavy atom. The van der Waals surface area contributed by atoms with E-state index in [1.54, 1.807) is 12.1 Å². The first-order valence-corrected chi connectivity index (χ1v) is 8.12. The summed E-state index contributed by atoms with van der Waals surface area (Å²) in [5, 5.41) is 0.273. The Labute approximate surface area is 140 Å². The zero-order chi connectivity index (χ0) is 16.2. The molecule has 1 aliphatic rings. The molecule has 0 amide bonds. The molecule has 1 aromatic carbocycles. The van der Waals surface area contributed by atoms with E-state index >= 15 is 0 Å². The zero-order valence-electron chi connectivity index (χ0n) is 12.9. The second-order valence-electron chi connectivity index (χ2n) is 5.45. The number of ether oxygens (including phenoxy) is 2. The van der Waals surface area contributed by atoms with Crippen LogP contribution >= 0.6 is 11.6 Å². The first-order valence-electron chi connectivity index (χ1n) is 7.74. The fourth-order valence-electron chi connectivity index (χ4n) is 2.77. The van der Waals surface area contributed by atoms with E-state index in [1.807, 2.05) is 19.1 Å². The van der Waals surface area contributed by atoms with Crippen LogP contribution in [0, 0.1) is 0 Å². The molecule has 0 radical (unpaired) electrons. The lowest BCUT2D eigenvalue weighted by molar-refractivity contribution is 0.0263. The summed E-state index contributed by atoms with van der Waals surface area (Å²) >= 11 is 6.07. The molecule has 0 bridgehead atoms. The van der Waals surface area contributed by atoms with Crippen LogP contribution in [0.5, 0.6) is 5.88 Å². The van der Waals surface area contributed by atoms with Crippen LogP contribution in [0.4, 0.5) is 0 Å². The second kappa shape index (κ2) is 7.01. The van der Waals surface area contributed by atoms with Gasteiger partial charge < -0.3 is 9.47 Å². The number of carbonyl (C=O) groups is 1. The van der Waals surface area contributed by atoms with Crippen molar-refractivity contribution in [1.82, 2.24) is 4.98 Å². The fourth-order valence-corrected chi connectivity index (χ4v) is 2.95. The van der Waals surface area contributed by atoms with Crippen molar-refractivity contribution in [3.63, 3.8) is 0 Å². The highest BCUT2D eigenvalue weighted by Crippen LogP contribution is 2.25. The van der Waals surface area contributed by atoms with Gasteiger partial charge in [-0.1, -0.05) is 35.9 Å². The maximum atomic E-state index is 12.4. The third-order valence-electron chi connectivity index (χ3n) is 3.88. The zero-order valence-corrected chi connectivity index (χ0v) is 13.7. The van der Waals surface area contributed by atoms with Crippen molar-refractivity contribution in [3.05, 3.63) is 58.2 Å². The molecule has 2 aromatic rings. The van der Waals surface area contributed by atoms with Crippen molar-refractivity contribution in [2.24, 2.45) is 0 Å². The summed E-state index contributed by atoms with van der Waals surface area (Å²) in [5.41, 5.74) is 2.67. The average molecular weight is 332 g/mol. The summed E-state index contributed by atoms with van der Waals surface area (Å²) in [7, 11) is 0. The minimum Gasteiger partial charge on any atom is -0.478 e. The molecule has 1 atom stereocenters. The van der Waals surface area contributed by atoms with Crippen LogP contribution in [0.1, 0.15) is 35.0 Å². The van der Waals surface area contributed by atoms with Gasteiger partial charge in [0.1, 0.15) is 6.10 Å². The molecule has 1 heterocycles. The van der Waals surface area contributed by atoms with Crippen LogP contribution in [-0.2, 0) is 17.6 Å². The van der Waals surface area contributed by atoms with Gasteiger partial charge >= 0.3 is 5.97 Å². The topological polar surface area (TPSA) is 48.4 Å². The summed E-state index contributed by atoms with van der Waals surface area (Å²) in [5.74, 6) is -0.126. The van der Waals surface area contributed by atoms with Gasteiger partial charge in [-0.15, -0.1) is 0 Å². The Morgan fingerprint density at radius 1 is 1.26 bits per heavy atom. The number of rotatable bonds is 4. The van der Waals surface area contributed by atoms with Crippen LogP contribution < -0.4 is 4.74 Å². The Kier molecular flexibility index (Phi) is 4.82. The van der Waals surface area contributed by atoms with E-state index in [2.05, 4.69) is 17.1 Å². The van der Waals surface area contributed by atoms with Crippen LogP contribution in [0.25, 0.3) is 0 Å². The van der Waals surface area contributed by atoms with Crippen LogP contribution in [0.3, 0.4) is 0 Å². The van der Waals surface area contributed by atoms with Gasteiger partial charge in [0, 0.05) is 12.5 Å². The highest BCUT2D eigenvalue weighted by Gasteiger charge is 2.24. The summed E-state index contributed by atoms with van der Waals surface area (Å²) in [6.45, 7) is 2.33. The molecule has 1 aromatic heterocycles. The van der Waals surface area contributed by atoms with Gasteiger partial charge in [0.05, 0.1) is 11.6 Å². The van der Waals surface area contributed by atoms with Gasteiger partial charge in [0.25, 0.3) is 0 Å². The molecule has 0 aliphatic heterocycles. The summed E-state index contributed by atoms with van der Waals surface area (Å²) in [4.78, 5) is 16.5. The van der Waals surface area contributed by atoms with Crippen molar-refractivity contribution < 1.29 is 14.3 Å². The van der Waals surface area contributed by atoms with Gasteiger partial charge in [0.2, 0.25) is 5.88 Å². The number of pyridine rings is 1. The smallest absolute Gasteiger partial charge is 0.358 e. The fraction of sp³-hybridized carbons (Fsp3) is 0.333. The molecule has 5 heteroatoms. The van der Waals surface area contributed by atoms with E-state index in [-0.39, 0.29) is 16.8 Å². The number of nitrogens with zero attached hydrogens (tertiary/aromatic N) is 1. The summed E-state index contributed by atoms with van der Waals surface area (Å²) in [6.07, 6.45) is 2.30. The second-order valence-corrected chi connectivity index (χ2v) is 5.86. The van der Waals surface area contributed by atoms with Crippen LogP contribution in [0.2, 0.25) is 5.02 Å². The Morgan fingerprint density at radius 2 is 2.04 bits per heavy atom. The molecule has 23 heavy (non-hydrogen) atoms. The number of halogens is 1. The molecule has 0 saturated heterocycles. The lowest BCUT2D eigenvalue weighted by Crippen LogP contribution is -2.26. The van der Waals surface area contributed by atoms with Crippen molar-refractivity contribution in [3.8, 4) is 5.88 Å². The van der Waals surface area contributed by atoms with Gasteiger partial charge in [-0.3, -0.25) is 0 Å². The largest absolute Gasteiger partial charge is 0.478 e. The monoisotopic (exact) mass is 331 g/mol. The first kappa shape index (κ1) is 15.8. The van der Waals surface area contributed by atoms with E-state index in [4.69, 9.17) is 21.1 Å². The minimum atomic E-state index is -0.499. The summed E-state index contributed by atoms with van der Waals surface area (Å²) in [6, 6.07) is 11.5. The maximum Gasteiger partial charge on any atom is 0.358 e. The number of carbonyl (C=O) groups excluding carboxylic acids is 1. The molecular formula is C18H18ClNO3. The van der Waals surface area contributed by atoms with Gasteiger partial charge in [-0.25, -0.2) is 9.78 Å². The Bertz CT molecular complexity index is 717. The molecule has 120 valence electrons. The van der Waals surface area contributed by atoms with Gasteiger partial charge in [-0.2, -0.15) is 0 Å². The molecule has 0 N–H and O–H groups in total. The number of esters is 1. The van der Waals surface area contributed by atoms with E-state index in [1.165, 1.54) is 11.1 Å². The van der Waals surface area contributed by atoms with Gasteiger partial charge in [0.15, 0.2) is 5.69 Å². The van der Waals surface area contributed by atoms with E-state index in [9.17, 15) is 4.79 Å². The normalized spacial score (nSPS) is 16.5. The standard InChI is InChI=1S/C18H18ClNO3/c1-2-22-16-10-9-15(19)17(20-16)18(21)23-14-8-7-12-5-3-4-6-13(12)11-14/h3-6,9-10,14H,2,7-8,11H2,1H3. The number of hydrogen-bond acceptors (Lipinski definition) is 4. The van der Waals surface area contributed by atoms with Crippen molar-refractivity contribution in [2.45, 2.75) is 32.3 Å². The first-order chi connectivity index (χ1) is 11.2. The predicted octanol–water partition coefficient (Wildman–Crippen LogP) is 3.85. The number of hydrogen-bond donors (Lipinski definition) is 0. The Hall–Kier alpha value is -2.07. The van der Waals surface area contributed by atoms with Crippen molar-refractivity contribution in [2.75, 3.05) is 6.61 Å². The molecule has 0 fully saturated rings. The summed E-state index contributed by atoms with van der Waals surface area (Å²) < 4.78 is 10.9. The minimum absolute atomic E-state index is 0.108. The van der Waals surface area contributed by atoms with Crippen LogP contribution in [0.15, 0.2) is 36.4 Å². The number of benzene rings is 1. The highest BCUT2D eigenvalue weighted by atomic mass is 35.5. The number of fused-ring (bicyclic) bond motifs is 1. The van der Waals surface area contributed by atoms with Gasteiger partial charge in [-0.05, 0) is 37.0 Å². The highest BCUT2D eigenvalue weighted by molar-refractivity contribution is 6.33. The number of aryl methyl sites for hydroxylation is 1. The molecule has 4 nitrogen and oxygen atoms in total. The molecule has 3 rings (SSSR count). The van der Waals surface area contributed by atoms with E-state index in [0.717, 1.165) is 19.3 Å². The Balaban J connectivity index is 1.71. The predicted molar refractivity (Wildman–Crippen MR) is 88.1 cm³/mol. The average Bonchev–Trinajstić information content (AvgIpc) is 2.56.